The molecule has 4 nitrogen and oxygen atoms in total. The number of piperidine rings is 1. The molecule has 2 fully saturated rings. The first-order valence-corrected chi connectivity index (χ1v) is 10.4. The Hall–Kier alpha value is -2.34. The van der Waals surface area contributed by atoms with E-state index in [1.54, 1.807) is 23.7 Å². The van der Waals surface area contributed by atoms with Gasteiger partial charge < -0.3 is 4.90 Å². The second-order valence-electron chi connectivity index (χ2n) is 7.30. The second-order valence-corrected chi connectivity index (χ2v) is 8.28. The Morgan fingerprint density at radius 2 is 1.85 bits per heavy atom. The van der Waals surface area contributed by atoms with Crippen molar-refractivity contribution in [2.75, 3.05) is 18.0 Å². The molecule has 0 N–H and O–H groups in total. The number of rotatable bonds is 4. The maximum absolute atomic E-state index is 14.6. The van der Waals surface area contributed by atoms with Gasteiger partial charge in [0.15, 0.2) is 5.13 Å². The SMILES string of the molecule is Fc1ccccc1-c1nc(N2CCCCC2)sc1-c1ncncc1C1CC1. The number of halogens is 1. The molecule has 1 aliphatic carbocycles. The molecular formula is C21H21FN4S. The van der Waals surface area contributed by atoms with Crippen LogP contribution >= 0.6 is 11.3 Å². The van der Waals surface area contributed by atoms with Crippen molar-refractivity contribution in [1.29, 1.82) is 0 Å². The van der Waals surface area contributed by atoms with E-state index in [4.69, 9.17) is 4.98 Å². The molecule has 6 heteroatoms. The van der Waals surface area contributed by atoms with E-state index in [9.17, 15) is 4.39 Å². The average molecular weight is 380 g/mol. The van der Waals surface area contributed by atoms with Crippen LogP contribution in [0.15, 0.2) is 36.8 Å². The Morgan fingerprint density at radius 3 is 2.63 bits per heavy atom. The van der Waals surface area contributed by atoms with E-state index in [0.717, 1.165) is 28.8 Å². The van der Waals surface area contributed by atoms with Gasteiger partial charge in [0.1, 0.15) is 12.1 Å². The van der Waals surface area contributed by atoms with E-state index in [2.05, 4.69) is 14.9 Å². The third-order valence-corrected chi connectivity index (χ3v) is 6.47. The zero-order valence-corrected chi connectivity index (χ0v) is 15.9. The van der Waals surface area contributed by atoms with Crippen molar-refractivity contribution in [2.24, 2.45) is 0 Å². The van der Waals surface area contributed by atoms with Gasteiger partial charge in [-0.15, -0.1) is 0 Å². The highest BCUT2D eigenvalue weighted by Gasteiger charge is 2.30. The van der Waals surface area contributed by atoms with Crippen molar-refractivity contribution in [3.63, 3.8) is 0 Å². The van der Waals surface area contributed by atoms with Gasteiger partial charge >= 0.3 is 0 Å². The van der Waals surface area contributed by atoms with E-state index in [-0.39, 0.29) is 5.82 Å². The van der Waals surface area contributed by atoms with E-state index in [1.165, 1.54) is 43.7 Å². The molecule has 3 heterocycles. The Kier molecular flexibility index (Phi) is 4.36. The van der Waals surface area contributed by atoms with Crippen LogP contribution in [-0.2, 0) is 0 Å². The van der Waals surface area contributed by atoms with Crippen LogP contribution in [0.25, 0.3) is 21.8 Å². The summed E-state index contributed by atoms with van der Waals surface area (Å²) in [7, 11) is 0. The Balaban J connectivity index is 1.67. The van der Waals surface area contributed by atoms with Gasteiger partial charge in [0, 0.05) is 30.4 Å². The number of nitrogens with zero attached hydrogens (tertiary/aromatic N) is 4. The first-order valence-electron chi connectivity index (χ1n) is 9.62. The molecule has 0 atom stereocenters. The van der Waals surface area contributed by atoms with Gasteiger partial charge in [0.05, 0.1) is 16.3 Å². The van der Waals surface area contributed by atoms with Crippen molar-refractivity contribution in [3.05, 3.63) is 48.2 Å². The van der Waals surface area contributed by atoms with Gasteiger partial charge in [0.2, 0.25) is 0 Å². The molecular weight excluding hydrogens is 359 g/mol. The zero-order chi connectivity index (χ0) is 18.2. The molecule has 2 aliphatic rings. The quantitative estimate of drug-likeness (QED) is 0.618. The van der Waals surface area contributed by atoms with Crippen LogP contribution in [0.5, 0.6) is 0 Å². The lowest BCUT2D eigenvalue weighted by Gasteiger charge is -2.25. The second kappa shape index (κ2) is 7.00. The molecule has 27 heavy (non-hydrogen) atoms. The third kappa shape index (κ3) is 3.23. The molecule has 0 unspecified atom stereocenters. The van der Waals surface area contributed by atoms with Crippen molar-refractivity contribution in [2.45, 2.75) is 38.0 Å². The van der Waals surface area contributed by atoms with E-state index in [0.29, 0.717) is 17.2 Å². The van der Waals surface area contributed by atoms with Gasteiger partial charge in [-0.1, -0.05) is 23.5 Å². The molecule has 1 aromatic carbocycles. The lowest BCUT2D eigenvalue weighted by atomic mass is 10.1. The molecule has 0 bridgehead atoms. The fraction of sp³-hybridized carbons (Fsp3) is 0.381. The summed E-state index contributed by atoms with van der Waals surface area (Å²) in [6.07, 6.45) is 9.50. The normalized spacial score (nSPS) is 17.3. The van der Waals surface area contributed by atoms with Gasteiger partial charge in [-0.05, 0) is 50.2 Å². The summed E-state index contributed by atoms with van der Waals surface area (Å²) in [5.41, 5.74) is 3.35. The Labute approximate surface area is 162 Å². The highest BCUT2D eigenvalue weighted by Crippen LogP contribution is 2.47. The van der Waals surface area contributed by atoms with Crippen LogP contribution in [0.3, 0.4) is 0 Å². The highest BCUT2D eigenvalue weighted by molar-refractivity contribution is 7.19. The number of hydrogen-bond acceptors (Lipinski definition) is 5. The van der Waals surface area contributed by atoms with Crippen LogP contribution in [0.1, 0.15) is 43.6 Å². The third-order valence-electron chi connectivity index (χ3n) is 5.34. The number of hydrogen-bond donors (Lipinski definition) is 0. The van der Waals surface area contributed by atoms with E-state index < -0.39 is 0 Å². The summed E-state index contributed by atoms with van der Waals surface area (Å²) >= 11 is 1.64. The lowest BCUT2D eigenvalue weighted by Crippen LogP contribution is -2.29. The molecule has 2 aromatic heterocycles. The monoisotopic (exact) mass is 380 g/mol. The Morgan fingerprint density at radius 1 is 1.04 bits per heavy atom. The first kappa shape index (κ1) is 16.8. The maximum atomic E-state index is 14.6. The highest BCUT2D eigenvalue weighted by atomic mass is 32.1. The molecule has 1 saturated heterocycles. The fourth-order valence-corrected chi connectivity index (χ4v) is 4.90. The largest absolute Gasteiger partial charge is 0.348 e. The summed E-state index contributed by atoms with van der Waals surface area (Å²) in [6, 6.07) is 6.90. The minimum absolute atomic E-state index is 0.240. The van der Waals surface area contributed by atoms with Crippen molar-refractivity contribution < 1.29 is 4.39 Å². The standard InChI is InChI=1S/C21H21FN4S/c22-17-7-3-2-6-15(17)19-20(18-16(14-8-9-14)12-23-13-24-18)27-21(25-19)26-10-4-1-5-11-26/h2-3,6-7,12-14H,1,4-5,8-11H2. The van der Waals surface area contributed by atoms with Crippen LogP contribution in [-0.4, -0.2) is 28.0 Å². The van der Waals surface area contributed by atoms with Crippen molar-refractivity contribution >= 4 is 16.5 Å². The Bertz CT molecular complexity index is 960. The van der Waals surface area contributed by atoms with Crippen LogP contribution in [0.4, 0.5) is 9.52 Å². The van der Waals surface area contributed by atoms with E-state index >= 15 is 0 Å². The maximum Gasteiger partial charge on any atom is 0.186 e. The molecule has 0 spiro atoms. The molecule has 1 aliphatic heterocycles. The topological polar surface area (TPSA) is 41.9 Å². The minimum atomic E-state index is -0.240. The summed E-state index contributed by atoms with van der Waals surface area (Å²) in [5.74, 6) is 0.284. The molecule has 138 valence electrons. The molecule has 0 radical (unpaired) electrons. The number of aromatic nitrogens is 3. The predicted octanol–water partition coefficient (Wildman–Crippen LogP) is 5.27. The lowest BCUT2D eigenvalue weighted by molar-refractivity contribution is 0.577. The van der Waals surface area contributed by atoms with Crippen LogP contribution in [0.2, 0.25) is 0 Å². The number of thiazole rings is 1. The van der Waals surface area contributed by atoms with Gasteiger partial charge in [-0.3, -0.25) is 0 Å². The fourth-order valence-electron chi connectivity index (χ4n) is 3.75. The summed E-state index contributed by atoms with van der Waals surface area (Å²) < 4.78 is 14.6. The average Bonchev–Trinajstić information content (AvgIpc) is 3.48. The van der Waals surface area contributed by atoms with Crippen LogP contribution in [0, 0.1) is 5.82 Å². The van der Waals surface area contributed by atoms with Crippen LogP contribution < -0.4 is 4.90 Å². The predicted molar refractivity (Wildman–Crippen MR) is 107 cm³/mol. The summed E-state index contributed by atoms with van der Waals surface area (Å²) in [4.78, 5) is 17.0. The molecule has 5 rings (SSSR count). The molecule has 0 amide bonds. The van der Waals surface area contributed by atoms with Gasteiger partial charge in [-0.25, -0.2) is 19.3 Å². The van der Waals surface area contributed by atoms with Gasteiger partial charge in [-0.2, -0.15) is 0 Å². The smallest absolute Gasteiger partial charge is 0.186 e. The minimum Gasteiger partial charge on any atom is -0.348 e. The van der Waals surface area contributed by atoms with Crippen molar-refractivity contribution in [1.82, 2.24) is 15.0 Å². The van der Waals surface area contributed by atoms with Crippen molar-refractivity contribution in [3.8, 4) is 21.8 Å². The summed E-state index contributed by atoms with van der Waals surface area (Å²) in [5, 5.41) is 0.975. The molecule has 1 saturated carbocycles. The van der Waals surface area contributed by atoms with Gasteiger partial charge in [0.25, 0.3) is 0 Å². The number of anilines is 1. The zero-order valence-electron chi connectivity index (χ0n) is 15.1. The first-order chi connectivity index (χ1) is 13.3. The van der Waals surface area contributed by atoms with E-state index in [1.807, 2.05) is 18.3 Å². The summed E-state index contributed by atoms with van der Waals surface area (Å²) in [6.45, 7) is 2.03. The number of benzene rings is 1. The molecule has 3 aromatic rings.